The number of hydrogen-bond donors (Lipinski definition) is 1. The van der Waals surface area contributed by atoms with Crippen molar-refractivity contribution in [1.29, 1.82) is 0 Å². The van der Waals surface area contributed by atoms with Crippen molar-refractivity contribution in [3.63, 3.8) is 0 Å². The molecule has 0 fully saturated rings. The van der Waals surface area contributed by atoms with E-state index in [0.717, 1.165) is 17.5 Å². The summed E-state index contributed by atoms with van der Waals surface area (Å²) in [5.74, 6) is -0.0711. The van der Waals surface area contributed by atoms with Crippen LogP contribution in [0.4, 0.5) is 0 Å². The molecule has 2 amide bonds. The van der Waals surface area contributed by atoms with E-state index < -0.39 is 6.04 Å². The first-order valence-corrected chi connectivity index (χ1v) is 10.7. The highest BCUT2D eigenvalue weighted by Crippen LogP contribution is 2.15. The molecule has 1 N–H and O–H groups in total. The highest BCUT2D eigenvalue weighted by molar-refractivity contribution is 5.87. The van der Waals surface area contributed by atoms with Crippen molar-refractivity contribution in [3.05, 3.63) is 71.3 Å². The van der Waals surface area contributed by atoms with Gasteiger partial charge in [0, 0.05) is 19.0 Å². The van der Waals surface area contributed by atoms with Crippen LogP contribution in [0.15, 0.2) is 54.6 Å². The van der Waals surface area contributed by atoms with Gasteiger partial charge in [-0.2, -0.15) is 0 Å². The Morgan fingerprint density at radius 1 is 0.897 bits per heavy atom. The molecular formula is C25H34N2O2. The van der Waals surface area contributed by atoms with E-state index in [4.69, 9.17) is 0 Å². The van der Waals surface area contributed by atoms with Gasteiger partial charge in [0.15, 0.2) is 0 Å². The first kappa shape index (κ1) is 22.7. The largest absolute Gasteiger partial charge is 0.352 e. The molecule has 4 heteroatoms. The van der Waals surface area contributed by atoms with Crippen LogP contribution >= 0.6 is 0 Å². The van der Waals surface area contributed by atoms with Crippen molar-refractivity contribution >= 4 is 11.8 Å². The summed E-state index contributed by atoms with van der Waals surface area (Å²) in [6.07, 6.45) is 2.66. The Kier molecular flexibility index (Phi) is 8.91. The minimum absolute atomic E-state index is 0.0131. The van der Waals surface area contributed by atoms with E-state index in [-0.39, 0.29) is 17.9 Å². The van der Waals surface area contributed by atoms with Crippen molar-refractivity contribution in [2.75, 3.05) is 0 Å². The van der Waals surface area contributed by atoms with E-state index in [2.05, 4.69) is 36.5 Å². The number of nitrogens with one attached hydrogen (secondary N) is 1. The Labute approximate surface area is 175 Å². The predicted octanol–water partition coefficient (Wildman–Crippen LogP) is 4.51. The Morgan fingerprint density at radius 3 is 2.07 bits per heavy atom. The Morgan fingerprint density at radius 2 is 1.52 bits per heavy atom. The third-order valence-corrected chi connectivity index (χ3v) is 5.07. The highest BCUT2D eigenvalue weighted by Gasteiger charge is 2.28. The lowest BCUT2D eigenvalue weighted by molar-refractivity contribution is -0.141. The molecule has 0 aliphatic carbocycles. The highest BCUT2D eigenvalue weighted by atomic mass is 16.2. The van der Waals surface area contributed by atoms with E-state index in [1.165, 1.54) is 5.56 Å². The molecule has 0 heterocycles. The quantitative estimate of drug-likeness (QED) is 0.644. The van der Waals surface area contributed by atoms with Gasteiger partial charge in [0.25, 0.3) is 0 Å². The molecule has 0 saturated heterocycles. The number of benzene rings is 2. The number of carbonyl (C=O) groups excluding carboxylic acids is 2. The van der Waals surface area contributed by atoms with Crippen LogP contribution in [0.3, 0.4) is 0 Å². The predicted molar refractivity (Wildman–Crippen MR) is 118 cm³/mol. The van der Waals surface area contributed by atoms with Gasteiger partial charge in [-0.05, 0) is 49.8 Å². The van der Waals surface area contributed by atoms with Gasteiger partial charge in [-0.25, -0.2) is 0 Å². The molecule has 2 aromatic rings. The Balaban J connectivity index is 2.15. The molecule has 0 aliphatic heterocycles. The average molecular weight is 395 g/mol. The maximum atomic E-state index is 13.2. The number of aryl methyl sites for hydroxylation is 2. The van der Waals surface area contributed by atoms with Crippen molar-refractivity contribution in [3.8, 4) is 0 Å². The van der Waals surface area contributed by atoms with Gasteiger partial charge in [-0.15, -0.1) is 0 Å². The van der Waals surface area contributed by atoms with Crippen molar-refractivity contribution in [1.82, 2.24) is 10.2 Å². The molecule has 0 aromatic heterocycles. The monoisotopic (exact) mass is 394 g/mol. The number of amides is 2. The molecule has 4 nitrogen and oxygen atoms in total. The molecule has 1 atom stereocenters. The maximum Gasteiger partial charge on any atom is 0.243 e. The summed E-state index contributed by atoms with van der Waals surface area (Å²) >= 11 is 0. The van der Waals surface area contributed by atoms with Crippen LogP contribution < -0.4 is 5.32 Å². The lowest BCUT2D eigenvalue weighted by Crippen LogP contribution is -2.50. The molecular weight excluding hydrogens is 360 g/mol. The SMILES string of the molecule is CCc1ccc(CCC(=O)N(Cc2ccccc2)[C@H](CC)C(=O)NC(C)C)cc1. The number of hydrogen-bond acceptors (Lipinski definition) is 2. The molecule has 0 radical (unpaired) electrons. The van der Waals surface area contributed by atoms with Crippen molar-refractivity contribution in [2.45, 2.75) is 72.0 Å². The molecule has 0 aliphatic rings. The van der Waals surface area contributed by atoms with Crippen molar-refractivity contribution in [2.24, 2.45) is 0 Å². The molecule has 156 valence electrons. The van der Waals surface area contributed by atoms with Crippen LogP contribution in [0, 0.1) is 0 Å². The second kappa shape index (κ2) is 11.4. The molecule has 29 heavy (non-hydrogen) atoms. The van der Waals surface area contributed by atoms with Gasteiger partial charge in [0.05, 0.1) is 0 Å². The van der Waals surface area contributed by atoms with Crippen LogP contribution in [0.1, 0.15) is 57.2 Å². The van der Waals surface area contributed by atoms with E-state index in [0.29, 0.717) is 25.8 Å². The summed E-state index contributed by atoms with van der Waals surface area (Å²) in [4.78, 5) is 27.7. The summed E-state index contributed by atoms with van der Waals surface area (Å²) in [7, 11) is 0. The van der Waals surface area contributed by atoms with Crippen LogP contribution in [-0.2, 0) is 29.0 Å². The third kappa shape index (κ3) is 7.04. The number of carbonyl (C=O) groups is 2. The van der Waals surface area contributed by atoms with E-state index in [1.807, 2.05) is 51.1 Å². The van der Waals surface area contributed by atoms with Crippen LogP contribution in [-0.4, -0.2) is 28.8 Å². The van der Waals surface area contributed by atoms with Crippen molar-refractivity contribution < 1.29 is 9.59 Å². The van der Waals surface area contributed by atoms with Gasteiger partial charge < -0.3 is 10.2 Å². The normalized spacial score (nSPS) is 11.9. The summed E-state index contributed by atoms with van der Waals surface area (Å²) in [6.45, 7) is 8.41. The first-order chi connectivity index (χ1) is 13.9. The van der Waals surface area contributed by atoms with Gasteiger partial charge in [0.1, 0.15) is 6.04 Å². The number of nitrogens with zero attached hydrogens (tertiary/aromatic N) is 1. The summed E-state index contributed by atoms with van der Waals surface area (Å²) in [6, 6.07) is 17.9. The van der Waals surface area contributed by atoms with Gasteiger partial charge >= 0.3 is 0 Å². The van der Waals surface area contributed by atoms with Crippen LogP contribution in [0.5, 0.6) is 0 Å². The molecule has 2 aromatic carbocycles. The standard InChI is InChI=1S/C25H34N2O2/c1-5-20-12-14-21(15-13-20)16-17-24(28)27(18-22-10-8-7-9-11-22)23(6-2)25(29)26-19(3)4/h7-15,19,23H,5-6,16-18H2,1-4H3,(H,26,29)/t23-/m1/s1. The fourth-order valence-corrected chi connectivity index (χ4v) is 3.42. The number of rotatable bonds is 10. The van der Waals surface area contributed by atoms with Gasteiger partial charge in [0.2, 0.25) is 11.8 Å². The average Bonchev–Trinajstić information content (AvgIpc) is 2.72. The minimum Gasteiger partial charge on any atom is -0.352 e. The van der Waals surface area contributed by atoms with Gasteiger partial charge in [-0.3, -0.25) is 9.59 Å². The fourth-order valence-electron chi connectivity index (χ4n) is 3.42. The molecule has 0 unspecified atom stereocenters. The minimum atomic E-state index is -0.465. The van der Waals surface area contributed by atoms with Gasteiger partial charge in [-0.1, -0.05) is 68.4 Å². The second-order valence-electron chi connectivity index (χ2n) is 7.76. The van der Waals surface area contributed by atoms with E-state index in [1.54, 1.807) is 4.90 Å². The zero-order chi connectivity index (χ0) is 21.2. The Bertz CT molecular complexity index is 769. The Hall–Kier alpha value is -2.62. The lowest BCUT2D eigenvalue weighted by Gasteiger charge is -2.31. The molecule has 2 rings (SSSR count). The van der Waals surface area contributed by atoms with E-state index >= 15 is 0 Å². The maximum absolute atomic E-state index is 13.2. The summed E-state index contributed by atoms with van der Waals surface area (Å²) in [5.41, 5.74) is 3.47. The second-order valence-corrected chi connectivity index (χ2v) is 7.76. The summed E-state index contributed by atoms with van der Waals surface area (Å²) < 4.78 is 0. The van der Waals surface area contributed by atoms with Crippen LogP contribution in [0.2, 0.25) is 0 Å². The topological polar surface area (TPSA) is 49.4 Å². The third-order valence-electron chi connectivity index (χ3n) is 5.07. The zero-order valence-corrected chi connectivity index (χ0v) is 18.2. The molecule has 0 bridgehead atoms. The smallest absolute Gasteiger partial charge is 0.243 e. The van der Waals surface area contributed by atoms with E-state index in [9.17, 15) is 9.59 Å². The molecule has 0 spiro atoms. The zero-order valence-electron chi connectivity index (χ0n) is 18.2. The first-order valence-electron chi connectivity index (χ1n) is 10.7. The fraction of sp³-hybridized carbons (Fsp3) is 0.440. The molecule has 0 saturated carbocycles. The van der Waals surface area contributed by atoms with Crippen LogP contribution in [0.25, 0.3) is 0 Å². The lowest BCUT2D eigenvalue weighted by atomic mass is 10.0. The summed E-state index contributed by atoms with van der Waals surface area (Å²) in [5, 5.41) is 2.97.